The van der Waals surface area contributed by atoms with Crippen LogP contribution in [0.3, 0.4) is 0 Å². The van der Waals surface area contributed by atoms with Crippen LogP contribution in [0.1, 0.15) is 27.8 Å². The summed E-state index contributed by atoms with van der Waals surface area (Å²) in [6, 6.07) is 14.0. The molecule has 1 heterocycles. The molecule has 3 rings (SSSR count). The highest BCUT2D eigenvalue weighted by atomic mass is 35.5. The van der Waals surface area contributed by atoms with Crippen molar-refractivity contribution in [3.8, 4) is 0 Å². The van der Waals surface area contributed by atoms with Crippen molar-refractivity contribution in [1.29, 1.82) is 0 Å². The molecule has 0 spiro atoms. The fourth-order valence-corrected chi connectivity index (χ4v) is 2.84. The molecule has 0 saturated heterocycles. The number of benzene rings is 2. The number of amides is 1. The number of rotatable bonds is 4. The van der Waals surface area contributed by atoms with Crippen LogP contribution in [0.15, 0.2) is 52.9 Å². The van der Waals surface area contributed by atoms with E-state index in [4.69, 9.17) is 20.8 Å². The molecule has 0 saturated carbocycles. The van der Waals surface area contributed by atoms with E-state index in [1.165, 1.54) is 4.90 Å². The quantitative estimate of drug-likeness (QED) is 0.638. The smallest absolute Gasteiger partial charge is 0.375 e. The number of hydrogen-bond acceptors (Lipinski definition) is 4. The van der Waals surface area contributed by atoms with Crippen molar-refractivity contribution >= 4 is 34.4 Å². The summed E-state index contributed by atoms with van der Waals surface area (Å²) >= 11 is 6.01. The second-order valence-electron chi connectivity index (χ2n) is 6.13. The number of carbonyl (C=O) groups excluding carboxylic acids is 2. The Morgan fingerprint density at radius 1 is 1.12 bits per heavy atom. The van der Waals surface area contributed by atoms with Crippen LogP contribution in [-0.4, -0.2) is 30.9 Å². The van der Waals surface area contributed by atoms with E-state index in [1.54, 1.807) is 63.5 Å². The Morgan fingerprint density at radius 2 is 1.81 bits per heavy atom. The molecule has 0 aliphatic heterocycles. The number of furan rings is 1. The summed E-state index contributed by atoms with van der Waals surface area (Å²) in [6.07, 6.45) is -1.05. The maximum Gasteiger partial charge on any atom is 0.375 e. The number of carbonyl (C=O) groups is 2. The summed E-state index contributed by atoms with van der Waals surface area (Å²) in [5.74, 6) is -0.963. The molecule has 0 unspecified atom stereocenters. The Kier molecular flexibility index (Phi) is 5.00. The highest BCUT2D eigenvalue weighted by Gasteiger charge is 2.29. The summed E-state index contributed by atoms with van der Waals surface area (Å²) in [5, 5.41) is 1.28. The van der Waals surface area contributed by atoms with Gasteiger partial charge in [0.1, 0.15) is 5.58 Å². The molecule has 1 aromatic heterocycles. The van der Waals surface area contributed by atoms with Crippen molar-refractivity contribution < 1.29 is 18.7 Å². The second-order valence-corrected chi connectivity index (χ2v) is 6.56. The molecular weight excluding hydrogens is 354 g/mol. The van der Waals surface area contributed by atoms with E-state index < -0.39 is 12.1 Å². The van der Waals surface area contributed by atoms with Gasteiger partial charge in [-0.3, -0.25) is 4.79 Å². The van der Waals surface area contributed by atoms with Gasteiger partial charge in [0.05, 0.1) is 0 Å². The van der Waals surface area contributed by atoms with Crippen LogP contribution >= 0.6 is 11.6 Å². The minimum Gasteiger partial charge on any atom is -0.449 e. The lowest BCUT2D eigenvalue weighted by molar-refractivity contribution is -0.138. The van der Waals surface area contributed by atoms with Gasteiger partial charge in [0.15, 0.2) is 0 Å². The van der Waals surface area contributed by atoms with Crippen LogP contribution in [-0.2, 0) is 9.53 Å². The first-order valence-electron chi connectivity index (χ1n) is 8.04. The first-order valence-corrected chi connectivity index (χ1v) is 8.42. The molecule has 2 aromatic carbocycles. The first kappa shape index (κ1) is 18.0. The maximum absolute atomic E-state index is 12.7. The van der Waals surface area contributed by atoms with Gasteiger partial charge in [-0.2, -0.15) is 0 Å². The van der Waals surface area contributed by atoms with Crippen LogP contribution in [0.5, 0.6) is 0 Å². The second kappa shape index (κ2) is 7.22. The predicted octanol–water partition coefficient (Wildman–Crippen LogP) is 4.38. The molecule has 5 nitrogen and oxygen atoms in total. The number of nitrogens with zero attached hydrogens (tertiary/aromatic N) is 1. The normalized spacial score (nSPS) is 12.0. The third kappa shape index (κ3) is 3.44. The van der Waals surface area contributed by atoms with Gasteiger partial charge in [0.25, 0.3) is 5.91 Å². The Hall–Kier alpha value is -2.79. The van der Waals surface area contributed by atoms with Gasteiger partial charge in [-0.25, -0.2) is 4.79 Å². The minimum atomic E-state index is -1.05. The SMILES string of the molecule is Cc1c(C(=O)O[C@@H](C(=O)N(C)C)c2ccccc2)oc2ccc(Cl)cc12. The van der Waals surface area contributed by atoms with E-state index >= 15 is 0 Å². The third-order valence-corrected chi connectivity index (χ3v) is 4.31. The lowest BCUT2D eigenvalue weighted by Gasteiger charge is -2.20. The zero-order valence-electron chi connectivity index (χ0n) is 14.7. The molecule has 134 valence electrons. The lowest BCUT2D eigenvalue weighted by Crippen LogP contribution is -2.31. The molecule has 1 atom stereocenters. The summed E-state index contributed by atoms with van der Waals surface area (Å²) in [7, 11) is 3.22. The minimum absolute atomic E-state index is 0.0646. The van der Waals surface area contributed by atoms with Crippen molar-refractivity contribution in [2.24, 2.45) is 0 Å². The van der Waals surface area contributed by atoms with Crippen LogP contribution in [0.2, 0.25) is 5.02 Å². The monoisotopic (exact) mass is 371 g/mol. The highest BCUT2D eigenvalue weighted by molar-refractivity contribution is 6.31. The molecule has 0 aliphatic rings. The van der Waals surface area contributed by atoms with E-state index in [2.05, 4.69) is 0 Å². The lowest BCUT2D eigenvalue weighted by atomic mass is 10.1. The summed E-state index contributed by atoms with van der Waals surface area (Å²) in [6.45, 7) is 1.75. The van der Waals surface area contributed by atoms with Crippen LogP contribution in [0, 0.1) is 6.92 Å². The number of esters is 1. The molecule has 3 aromatic rings. The van der Waals surface area contributed by atoms with Gasteiger partial charge in [0, 0.05) is 35.6 Å². The number of aryl methyl sites for hydroxylation is 1. The zero-order valence-corrected chi connectivity index (χ0v) is 15.4. The Balaban J connectivity index is 1.96. The standard InChI is InChI=1S/C20H18ClNO4/c1-12-15-11-14(21)9-10-16(15)25-17(12)20(24)26-18(19(23)22(2)3)13-7-5-4-6-8-13/h4-11,18H,1-3H3/t18-/m1/s1. The maximum atomic E-state index is 12.7. The molecule has 6 heteroatoms. The van der Waals surface area contributed by atoms with Gasteiger partial charge in [-0.15, -0.1) is 0 Å². The molecule has 0 N–H and O–H groups in total. The molecule has 0 aliphatic carbocycles. The Bertz CT molecular complexity index is 963. The topological polar surface area (TPSA) is 59.8 Å². The van der Waals surface area contributed by atoms with Gasteiger partial charge in [0.2, 0.25) is 11.9 Å². The van der Waals surface area contributed by atoms with E-state index in [1.807, 2.05) is 6.07 Å². The molecular formula is C20H18ClNO4. The average molecular weight is 372 g/mol. The first-order chi connectivity index (χ1) is 12.4. The van der Waals surface area contributed by atoms with E-state index in [9.17, 15) is 9.59 Å². The van der Waals surface area contributed by atoms with Crippen LogP contribution < -0.4 is 0 Å². The van der Waals surface area contributed by atoms with E-state index in [0.29, 0.717) is 21.7 Å². The number of likely N-dealkylation sites (N-methyl/N-ethyl adjacent to an activating group) is 1. The van der Waals surface area contributed by atoms with Gasteiger partial charge >= 0.3 is 5.97 Å². The largest absolute Gasteiger partial charge is 0.449 e. The fourth-order valence-electron chi connectivity index (χ4n) is 2.67. The molecule has 26 heavy (non-hydrogen) atoms. The van der Waals surface area contributed by atoms with E-state index in [0.717, 1.165) is 5.39 Å². The zero-order chi connectivity index (χ0) is 18.8. The fraction of sp³-hybridized carbons (Fsp3) is 0.200. The molecule has 1 amide bonds. The summed E-state index contributed by atoms with van der Waals surface area (Å²) in [4.78, 5) is 26.6. The van der Waals surface area contributed by atoms with Crippen LogP contribution in [0.25, 0.3) is 11.0 Å². The summed E-state index contributed by atoms with van der Waals surface area (Å²) < 4.78 is 11.2. The number of fused-ring (bicyclic) bond motifs is 1. The van der Waals surface area contributed by atoms with Gasteiger partial charge in [-0.1, -0.05) is 41.9 Å². The van der Waals surface area contributed by atoms with Gasteiger partial charge in [-0.05, 0) is 25.1 Å². The third-order valence-electron chi connectivity index (χ3n) is 4.08. The number of hydrogen-bond donors (Lipinski definition) is 0. The van der Waals surface area contributed by atoms with Crippen molar-refractivity contribution in [2.45, 2.75) is 13.0 Å². The number of ether oxygens (including phenoxy) is 1. The molecule has 0 fully saturated rings. The van der Waals surface area contributed by atoms with Crippen molar-refractivity contribution in [2.75, 3.05) is 14.1 Å². The predicted molar refractivity (Wildman–Crippen MR) is 99.3 cm³/mol. The Morgan fingerprint density at radius 3 is 2.46 bits per heavy atom. The van der Waals surface area contributed by atoms with Crippen molar-refractivity contribution in [1.82, 2.24) is 4.90 Å². The van der Waals surface area contributed by atoms with Crippen molar-refractivity contribution in [3.63, 3.8) is 0 Å². The highest BCUT2D eigenvalue weighted by Crippen LogP contribution is 2.30. The average Bonchev–Trinajstić information content (AvgIpc) is 2.96. The Labute approximate surface area is 156 Å². The van der Waals surface area contributed by atoms with Crippen LogP contribution in [0.4, 0.5) is 0 Å². The summed E-state index contributed by atoms with van der Waals surface area (Å²) in [5.41, 5.74) is 1.75. The van der Waals surface area contributed by atoms with E-state index in [-0.39, 0.29) is 11.7 Å². The van der Waals surface area contributed by atoms with Gasteiger partial charge < -0.3 is 14.1 Å². The van der Waals surface area contributed by atoms with Crippen molar-refractivity contribution in [3.05, 3.63) is 70.4 Å². The molecule has 0 bridgehead atoms. The number of halogens is 1. The molecule has 0 radical (unpaired) electrons.